The first-order chi connectivity index (χ1) is 12.2. The molecule has 2 aromatic carbocycles. The van der Waals surface area contributed by atoms with Crippen LogP contribution < -0.4 is 10.0 Å². The number of amides is 1. The van der Waals surface area contributed by atoms with E-state index in [9.17, 15) is 30.8 Å². The molecule has 0 atom stereocenters. The van der Waals surface area contributed by atoms with Crippen LogP contribution in [0.4, 0.5) is 23.2 Å². The van der Waals surface area contributed by atoms with E-state index in [2.05, 4.69) is 10.0 Å². The zero-order valence-electron chi connectivity index (χ0n) is 13.0. The second-order valence-corrected chi connectivity index (χ2v) is 7.43. The van der Waals surface area contributed by atoms with Crippen LogP contribution in [0.1, 0.15) is 23.2 Å². The van der Waals surface area contributed by atoms with Crippen LogP contribution in [0, 0.1) is 23.3 Å². The van der Waals surface area contributed by atoms with Gasteiger partial charge >= 0.3 is 0 Å². The van der Waals surface area contributed by atoms with Crippen molar-refractivity contribution in [3.8, 4) is 0 Å². The van der Waals surface area contributed by atoms with E-state index in [1.807, 2.05) is 0 Å². The van der Waals surface area contributed by atoms with Crippen LogP contribution in [0.15, 0.2) is 35.2 Å². The summed E-state index contributed by atoms with van der Waals surface area (Å²) >= 11 is 0. The SMILES string of the molecule is O=C(Nc1cc(F)c(F)c(F)c1)c1ccc(F)c(S(=O)(=O)NC2CC2)c1. The summed E-state index contributed by atoms with van der Waals surface area (Å²) in [5.41, 5.74) is -0.635. The van der Waals surface area contributed by atoms with Gasteiger partial charge in [0.05, 0.1) is 0 Å². The van der Waals surface area contributed by atoms with Gasteiger partial charge in [-0.05, 0) is 31.0 Å². The highest BCUT2D eigenvalue weighted by molar-refractivity contribution is 7.89. The minimum absolute atomic E-state index is 0.257. The monoisotopic (exact) mass is 388 g/mol. The predicted molar refractivity (Wildman–Crippen MR) is 84.0 cm³/mol. The first-order valence-electron chi connectivity index (χ1n) is 7.45. The molecule has 0 spiro atoms. The highest BCUT2D eigenvalue weighted by atomic mass is 32.2. The second kappa shape index (κ2) is 6.69. The van der Waals surface area contributed by atoms with E-state index in [1.165, 1.54) is 0 Å². The van der Waals surface area contributed by atoms with Crippen molar-refractivity contribution in [3.05, 3.63) is 59.2 Å². The minimum Gasteiger partial charge on any atom is -0.322 e. The highest BCUT2D eigenvalue weighted by Gasteiger charge is 2.30. The van der Waals surface area contributed by atoms with E-state index in [-0.39, 0.29) is 17.3 Å². The number of carbonyl (C=O) groups excluding carboxylic acids is 1. The van der Waals surface area contributed by atoms with Gasteiger partial charge < -0.3 is 5.32 Å². The molecule has 0 aromatic heterocycles. The Kier molecular flexibility index (Phi) is 4.72. The molecule has 1 amide bonds. The maximum atomic E-state index is 13.9. The van der Waals surface area contributed by atoms with Crippen LogP contribution in [-0.2, 0) is 10.0 Å². The normalized spacial score (nSPS) is 14.3. The average Bonchev–Trinajstić information content (AvgIpc) is 3.36. The number of benzene rings is 2. The van der Waals surface area contributed by atoms with E-state index in [0.29, 0.717) is 25.0 Å². The highest BCUT2D eigenvalue weighted by Crippen LogP contribution is 2.24. The van der Waals surface area contributed by atoms with Gasteiger partial charge in [0.15, 0.2) is 17.5 Å². The summed E-state index contributed by atoms with van der Waals surface area (Å²) in [6.07, 6.45) is 1.28. The lowest BCUT2D eigenvalue weighted by Crippen LogP contribution is -2.27. The lowest BCUT2D eigenvalue weighted by Gasteiger charge is -2.10. The number of sulfonamides is 1. The molecular weight excluding hydrogens is 376 g/mol. The molecule has 0 saturated heterocycles. The number of nitrogens with one attached hydrogen (secondary N) is 2. The van der Waals surface area contributed by atoms with Crippen molar-refractivity contribution >= 4 is 21.6 Å². The third kappa shape index (κ3) is 3.86. The molecule has 10 heteroatoms. The Balaban J connectivity index is 1.87. The van der Waals surface area contributed by atoms with Gasteiger partial charge in [0.2, 0.25) is 10.0 Å². The molecule has 2 aromatic rings. The number of hydrogen-bond donors (Lipinski definition) is 2. The van der Waals surface area contributed by atoms with Crippen LogP contribution in [0.3, 0.4) is 0 Å². The molecule has 1 aliphatic carbocycles. The lowest BCUT2D eigenvalue weighted by atomic mass is 10.2. The van der Waals surface area contributed by atoms with E-state index in [4.69, 9.17) is 0 Å². The maximum absolute atomic E-state index is 13.9. The Morgan fingerprint density at radius 3 is 2.15 bits per heavy atom. The smallest absolute Gasteiger partial charge is 0.255 e. The lowest BCUT2D eigenvalue weighted by molar-refractivity contribution is 0.102. The standard InChI is InChI=1S/C16H12F4N2O3S/c17-11-4-1-8(5-14(11)26(24,25)22-9-2-3-9)16(23)21-10-6-12(18)15(20)13(19)7-10/h1,4-7,9,22H,2-3H2,(H,21,23). The summed E-state index contributed by atoms with van der Waals surface area (Å²) < 4.78 is 79.8. The molecule has 1 saturated carbocycles. The fourth-order valence-electron chi connectivity index (χ4n) is 2.17. The average molecular weight is 388 g/mol. The van der Waals surface area contributed by atoms with Gasteiger partial charge in [0.1, 0.15) is 10.7 Å². The molecule has 1 aliphatic rings. The number of anilines is 1. The number of rotatable bonds is 5. The van der Waals surface area contributed by atoms with E-state index < -0.39 is 44.1 Å². The van der Waals surface area contributed by atoms with Crippen molar-refractivity contribution < 1.29 is 30.8 Å². The molecule has 3 rings (SSSR count). The van der Waals surface area contributed by atoms with Gasteiger partial charge in [-0.25, -0.2) is 30.7 Å². The topological polar surface area (TPSA) is 75.3 Å². The number of carbonyl (C=O) groups is 1. The van der Waals surface area contributed by atoms with Crippen molar-refractivity contribution in [2.24, 2.45) is 0 Å². The van der Waals surface area contributed by atoms with Gasteiger partial charge in [-0.3, -0.25) is 4.79 Å². The summed E-state index contributed by atoms with van der Waals surface area (Å²) in [6, 6.07) is 3.48. The summed E-state index contributed by atoms with van der Waals surface area (Å²) in [5, 5.41) is 2.10. The van der Waals surface area contributed by atoms with Crippen LogP contribution in [-0.4, -0.2) is 20.4 Å². The maximum Gasteiger partial charge on any atom is 0.255 e. The fourth-order valence-corrected chi connectivity index (χ4v) is 3.57. The molecule has 5 nitrogen and oxygen atoms in total. The molecule has 1 fully saturated rings. The summed E-state index contributed by atoms with van der Waals surface area (Å²) in [7, 11) is -4.15. The van der Waals surface area contributed by atoms with E-state index in [0.717, 1.165) is 18.2 Å². The predicted octanol–water partition coefficient (Wildman–Crippen LogP) is 2.94. The third-order valence-electron chi connectivity index (χ3n) is 3.62. The Labute approximate surface area is 146 Å². The third-order valence-corrected chi connectivity index (χ3v) is 5.16. The van der Waals surface area contributed by atoms with Crippen LogP contribution in [0.5, 0.6) is 0 Å². The van der Waals surface area contributed by atoms with Gasteiger partial charge in [-0.15, -0.1) is 0 Å². The Bertz CT molecular complexity index is 968. The van der Waals surface area contributed by atoms with Crippen molar-refractivity contribution in [2.75, 3.05) is 5.32 Å². The summed E-state index contributed by atoms with van der Waals surface area (Å²) in [5.74, 6) is -6.69. The summed E-state index contributed by atoms with van der Waals surface area (Å²) in [4.78, 5) is 11.4. The Morgan fingerprint density at radius 2 is 1.58 bits per heavy atom. The van der Waals surface area contributed by atoms with Gasteiger partial charge in [-0.1, -0.05) is 0 Å². The molecular formula is C16H12F4N2O3S. The van der Waals surface area contributed by atoms with Crippen LogP contribution in [0.2, 0.25) is 0 Å². The fraction of sp³-hybridized carbons (Fsp3) is 0.188. The largest absolute Gasteiger partial charge is 0.322 e. The van der Waals surface area contributed by atoms with Crippen molar-refractivity contribution in [2.45, 2.75) is 23.8 Å². The zero-order chi connectivity index (χ0) is 19.1. The molecule has 0 bridgehead atoms. The Hall–Kier alpha value is -2.46. The van der Waals surface area contributed by atoms with Crippen molar-refractivity contribution in [1.29, 1.82) is 0 Å². The molecule has 138 valence electrons. The number of hydrogen-bond acceptors (Lipinski definition) is 3. The van der Waals surface area contributed by atoms with E-state index >= 15 is 0 Å². The molecule has 0 heterocycles. The van der Waals surface area contributed by atoms with E-state index in [1.54, 1.807) is 0 Å². The molecule has 0 radical (unpaired) electrons. The molecule has 0 unspecified atom stereocenters. The quantitative estimate of drug-likeness (QED) is 0.611. The van der Waals surface area contributed by atoms with Crippen molar-refractivity contribution in [1.82, 2.24) is 4.72 Å². The zero-order valence-corrected chi connectivity index (χ0v) is 13.8. The van der Waals surface area contributed by atoms with Crippen molar-refractivity contribution in [3.63, 3.8) is 0 Å². The summed E-state index contributed by atoms with van der Waals surface area (Å²) in [6.45, 7) is 0. The molecule has 26 heavy (non-hydrogen) atoms. The molecule has 2 N–H and O–H groups in total. The number of halogens is 4. The first kappa shape index (κ1) is 18.3. The van der Waals surface area contributed by atoms with Crippen LogP contribution in [0.25, 0.3) is 0 Å². The molecule has 0 aliphatic heterocycles. The second-order valence-electron chi connectivity index (χ2n) is 5.75. The Morgan fingerprint density at radius 1 is 0.962 bits per heavy atom. The first-order valence-corrected chi connectivity index (χ1v) is 8.93. The van der Waals surface area contributed by atoms with Gasteiger partial charge in [0, 0.05) is 29.4 Å². The van der Waals surface area contributed by atoms with Gasteiger partial charge in [-0.2, -0.15) is 0 Å². The van der Waals surface area contributed by atoms with Gasteiger partial charge in [0.25, 0.3) is 5.91 Å². The van der Waals surface area contributed by atoms with Crippen LogP contribution >= 0.6 is 0 Å². The minimum atomic E-state index is -4.15.